The number of sulfonamides is 1. The van der Waals surface area contributed by atoms with Crippen molar-refractivity contribution in [2.24, 2.45) is 11.7 Å². The zero-order valence-corrected chi connectivity index (χ0v) is 12.7. The van der Waals surface area contributed by atoms with E-state index >= 15 is 0 Å². The highest BCUT2D eigenvalue weighted by atomic mass is 32.2. The molecule has 0 aromatic rings. The maximum absolute atomic E-state index is 11.9. The highest BCUT2D eigenvalue weighted by Crippen LogP contribution is 2.15. The van der Waals surface area contributed by atoms with Gasteiger partial charge in [-0.3, -0.25) is 4.79 Å². The van der Waals surface area contributed by atoms with Gasteiger partial charge in [-0.15, -0.1) is 0 Å². The van der Waals surface area contributed by atoms with Gasteiger partial charge in [-0.1, -0.05) is 6.92 Å². The molecule has 0 aliphatic carbocycles. The van der Waals surface area contributed by atoms with Gasteiger partial charge < -0.3 is 11.1 Å². The summed E-state index contributed by atoms with van der Waals surface area (Å²) >= 11 is 0. The molecule has 0 saturated carbocycles. The Balaban J connectivity index is 2.45. The number of hydrogen-bond donors (Lipinski definition) is 2. The van der Waals surface area contributed by atoms with Crippen molar-refractivity contribution in [1.29, 1.82) is 0 Å². The number of nitrogens with two attached hydrogens (primary N) is 1. The van der Waals surface area contributed by atoms with Crippen molar-refractivity contribution in [2.75, 3.05) is 18.8 Å². The van der Waals surface area contributed by atoms with E-state index in [2.05, 4.69) is 5.32 Å². The summed E-state index contributed by atoms with van der Waals surface area (Å²) in [6, 6.07) is -0.127. The third-order valence-corrected chi connectivity index (χ3v) is 5.64. The van der Waals surface area contributed by atoms with Gasteiger partial charge in [0.05, 0.1) is 5.75 Å². The highest BCUT2D eigenvalue weighted by Gasteiger charge is 2.28. The van der Waals surface area contributed by atoms with Crippen LogP contribution in [-0.4, -0.2) is 49.6 Å². The minimum absolute atomic E-state index is 0.0493. The average Bonchev–Trinajstić information content (AvgIpc) is 2.38. The molecule has 1 aliphatic heterocycles. The summed E-state index contributed by atoms with van der Waals surface area (Å²) in [6.07, 6.45) is 1.33. The summed E-state index contributed by atoms with van der Waals surface area (Å²) in [7, 11) is -3.10. The molecule has 1 aliphatic rings. The Kier molecular flexibility index (Phi) is 5.76. The molecule has 1 fully saturated rings. The molecule has 3 N–H and O–H groups in total. The van der Waals surface area contributed by atoms with Crippen LogP contribution in [0.15, 0.2) is 0 Å². The van der Waals surface area contributed by atoms with Gasteiger partial charge in [-0.05, 0) is 26.7 Å². The fourth-order valence-corrected chi connectivity index (χ4v) is 3.16. The second-order valence-corrected chi connectivity index (χ2v) is 7.49. The Morgan fingerprint density at radius 3 is 2.32 bits per heavy atom. The van der Waals surface area contributed by atoms with Crippen LogP contribution in [0.25, 0.3) is 0 Å². The van der Waals surface area contributed by atoms with Gasteiger partial charge in [0.25, 0.3) is 0 Å². The number of rotatable bonds is 5. The largest absolute Gasteiger partial charge is 0.353 e. The van der Waals surface area contributed by atoms with E-state index in [4.69, 9.17) is 5.73 Å². The molecule has 1 heterocycles. The number of carbonyl (C=O) groups excluding carboxylic acids is 1. The predicted molar refractivity (Wildman–Crippen MR) is 75.0 cm³/mol. The van der Waals surface area contributed by atoms with Crippen LogP contribution in [0.1, 0.15) is 33.6 Å². The van der Waals surface area contributed by atoms with Crippen molar-refractivity contribution in [3.63, 3.8) is 0 Å². The molecule has 6 nitrogen and oxygen atoms in total. The first kappa shape index (κ1) is 16.4. The standard InChI is InChI=1S/C12H25N3O3S/c1-4-19(17,18)15-7-5-11(6-8-15)14-12(16)9(2)10(3)13/h9-11H,4-8,13H2,1-3H3,(H,14,16). The van der Waals surface area contributed by atoms with Crippen LogP contribution in [0.5, 0.6) is 0 Å². The lowest BCUT2D eigenvalue weighted by Gasteiger charge is -2.32. The van der Waals surface area contributed by atoms with Crippen LogP contribution >= 0.6 is 0 Å². The van der Waals surface area contributed by atoms with Crippen LogP contribution in [0.2, 0.25) is 0 Å². The second-order valence-electron chi connectivity index (χ2n) is 5.23. The van der Waals surface area contributed by atoms with Crippen LogP contribution in [0.3, 0.4) is 0 Å². The molecule has 2 unspecified atom stereocenters. The average molecular weight is 291 g/mol. The van der Waals surface area contributed by atoms with Crippen molar-refractivity contribution in [3.05, 3.63) is 0 Å². The SMILES string of the molecule is CCS(=O)(=O)N1CCC(NC(=O)C(C)C(C)N)CC1. The first-order chi connectivity index (χ1) is 8.77. The predicted octanol–water partition coefficient (Wildman–Crippen LogP) is -0.1000. The zero-order chi connectivity index (χ0) is 14.6. The molecule has 1 amide bonds. The molecule has 19 heavy (non-hydrogen) atoms. The maximum atomic E-state index is 11.9. The topological polar surface area (TPSA) is 92.5 Å². The molecule has 1 saturated heterocycles. The van der Waals surface area contributed by atoms with E-state index < -0.39 is 10.0 Å². The quantitative estimate of drug-likeness (QED) is 0.740. The van der Waals surface area contributed by atoms with Crippen molar-refractivity contribution in [3.8, 4) is 0 Å². The monoisotopic (exact) mass is 291 g/mol. The molecule has 112 valence electrons. The minimum Gasteiger partial charge on any atom is -0.353 e. The lowest BCUT2D eigenvalue weighted by molar-refractivity contribution is -0.125. The lowest BCUT2D eigenvalue weighted by atomic mass is 10.0. The Hall–Kier alpha value is -0.660. The molecule has 0 spiro atoms. The van der Waals surface area contributed by atoms with Crippen LogP contribution in [-0.2, 0) is 14.8 Å². The lowest BCUT2D eigenvalue weighted by Crippen LogP contribution is -2.49. The third-order valence-electron chi connectivity index (χ3n) is 3.76. The first-order valence-corrected chi connectivity index (χ1v) is 8.42. The van der Waals surface area contributed by atoms with Gasteiger partial charge >= 0.3 is 0 Å². The van der Waals surface area contributed by atoms with Gasteiger partial charge in [0.15, 0.2) is 0 Å². The Labute approximate surface area is 115 Å². The number of nitrogens with one attached hydrogen (secondary N) is 1. The van der Waals surface area contributed by atoms with Gasteiger partial charge in [0.1, 0.15) is 0 Å². The number of hydrogen-bond acceptors (Lipinski definition) is 4. The fraction of sp³-hybridized carbons (Fsp3) is 0.917. The normalized spacial score (nSPS) is 21.9. The van der Waals surface area contributed by atoms with Crippen molar-refractivity contribution >= 4 is 15.9 Å². The van der Waals surface area contributed by atoms with Crippen LogP contribution in [0.4, 0.5) is 0 Å². The Morgan fingerprint density at radius 2 is 1.89 bits per heavy atom. The highest BCUT2D eigenvalue weighted by molar-refractivity contribution is 7.89. The van der Waals surface area contributed by atoms with Gasteiger partial charge in [-0.2, -0.15) is 0 Å². The van der Waals surface area contributed by atoms with E-state index in [0.29, 0.717) is 25.9 Å². The number of nitrogens with zero attached hydrogens (tertiary/aromatic N) is 1. The summed E-state index contributed by atoms with van der Waals surface area (Å²) in [6.45, 7) is 6.21. The molecule has 0 radical (unpaired) electrons. The molecule has 1 rings (SSSR count). The number of carbonyl (C=O) groups is 1. The fourth-order valence-electron chi connectivity index (χ4n) is 2.03. The van der Waals surface area contributed by atoms with Crippen molar-refractivity contribution in [2.45, 2.75) is 45.7 Å². The molecule has 0 aromatic heterocycles. The smallest absolute Gasteiger partial charge is 0.224 e. The van der Waals surface area contributed by atoms with Gasteiger partial charge in [-0.25, -0.2) is 12.7 Å². The van der Waals surface area contributed by atoms with E-state index in [0.717, 1.165) is 0 Å². The summed E-state index contributed by atoms with van der Waals surface area (Å²) in [5.74, 6) is -0.143. The van der Waals surface area contributed by atoms with E-state index in [1.165, 1.54) is 4.31 Å². The number of piperidine rings is 1. The summed E-state index contributed by atoms with van der Waals surface area (Å²) < 4.78 is 24.9. The van der Waals surface area contributed by atoms with E-state index in [-0.39, 0.29) is 29.7 Å². The summed E-state index contributed by atoms with van der Waals surface area (Å²) in [5, 5.41) is 2.95. The second kappa shape index (κ2) is 6.67. The van der Waals surface area contributed by atoms with Gasteiger partial charge in [0, 0.05) is 31.1 Å². The third kappa shape index (κ3) is 4.43. The summed E-state index contributed by atoms with van der Waals surface area (Å²) in [5.41, 5.74) is 5.69. The molecule has 2 atom stereocenters. The molecule has 7 heteroatoms. The zero-order valence-electron chi connectivity index (χ0n) is 11.9. The molecular weight excluding hydrogens is 266 g/mol. The molecule has 0 aromatic carbocycles. The van der Waals surface area contributed by atoms with Gasteiger partial charge in [0.2, 0.25) is 15.9 Å². The van der Waals surface area contributed by atoms with E-state index in [1.54, 1.807) is 20.8 Å². The Morgan fingerprint density at radius 1 is 1.37 bits per heavy atom. The minimum atomic E-state index is -3.10. The maximum Gasteiger partial charge on any atom is 0.224 e. The van der Waals surface area contributed by atoms with E-state index in [9.17, 15) is 13.2 Å². The van der Waals surface area contributed by atoms with E-state index in [1.807, 2.05) is 0 Å². The number of amides is 1. The van der Waals surface area contributed by atoms with Crippen molar-refractivity contribution < 1.29 is 13.2 Å². The van der Waals surface area contributed by atoms with Crippen LogP contribution < -0.4 is 11.1 Å². The Bertz CT molecular complexity index is 400. The van der Waals surface area contributed by atoms with Crippen molar-refractivity contribution in [1.82, 2.24) is 9.62 Å². The molecule has 0 bridgehead atoms. The summed E-state index contributed by atoms with van der Waals surface area (Å²) in [4.78, 5) is 11.9. The molecular formula is C12H25N3O3S. The first-order valence-electron chi connectivity index (χ1n) is 6.81. The van der Waals surface area contributed by atoms with Crippen LogP contribution in [0, 0.1) is 5.92 Å².